The molecule has 0 spiro atoms. The molecule has 0 aromatic heterocycles. The van der Waals surface area contributed by atoms with Gasteiger partial charge in [-0.1, -0.05) is 24.3 Å². The third-order valence-corrected chi connectivity index (χ3v) is 3.68. The van der Waals surface area contributed by atoms with Crippen LogP contribution in [-0.2, 0) is 6.42 Å². The highest BCUT2D eigenvalue weighted by Crippen LogP contribution is 2.38. The summed E-state index contributed by atoms with van der Waals surface area (Å²) in [5, 5.41) is 3.20. The predicted octanol–water partition coefficient (Wildman–Crippen LogP) is 3.40. The molecule has 0 bridgehead atoms. The molecule has 1 aliphatic rings. The van der Waals surface area contributed by atoms with Gasteiger partial charge in [0.2, 0.25) is 0 Å². The van der Waals surface area contributed by atoms with Gasteiger partial charge in [-0.2, -0.15) is 0 Å². The largest absolute Gasteiger partial charge is 0.313 e. The normalized spacial score (nSPS) is 20.2. The lowest BCUT2D eigenvalue weighted by Gasteiger charge is -2.33. The third kappa shape index (κ3) is 2.43. The number of benzene rings is 1. The maximum atomic E-state index is 13.9. The van der Waals surface area contributed by atoms with E-state index in [9.17, 15) is 4.39 Å². The van der Waals surface area contributed by atoms with Crippen LogP contribution < -0.4 is 5.32 Å². The first kappa shape index (κ1) is 11.6. The Bertz CT molecular complexity index is 340. The van der Waals surface area contributed by atoms with E-state index in [4.69, 9.17) is 0 Å². The summed E-state index contributed by atoms with van der Waals surface area (Å²) in [5.74, 6) is 0. The fourth-order valence-corrected chi connectivity index (χ4v) is 2.19. The van der Waals surface area contributed by atoms with E-state index in [1.807, 2.05) is 7.05 Å². The van der Waals surface area contributed by atoms with Gasteiger partial charge < -0.3 is 5.32 Å². The van der Waals surface area contributed by atoms with Gasteiger partial charge >= 0.3 is 0 Å². The number of rotatable bonds is 4. The van der Waals surface area contributed by atoms with Crippen LogP contribution in [0.3, 0.4) is 0 Å². The minimum Gasteiger partial charge on any atom is -0.313 e. The molecule has 0 saturated heterocycles. The van der Waals surface area contributed by atoms with Crippen molar-refractivity contribution in [3.05, 3.63) is 35.4 Å². The SMILES string of the molecule is CNC(C)c1ccc(CC2(F)CCC2)cc1. The lowest BCUT2D eigenvalue weighted by atomic mass is 9.77. The molecule has 1 unspecified atom stereocenters. The van der Waals surface area contributed by atoms with E-state index in [-0.39, 0.29) is 0 Å². The van der Waals surface area contributed by atoms with E-state index in [1.165, 1.54) is 5.56 Å². The molecule has 1 fully saturated rings. The van der Waals surface area contributed by atoms with E-state index in [1.54, 1.807) is 0 Å². The van der Waals surface area contributed by atoms with Gasteiger partial charge in [-0.25, -0.2) is 4.39 Å². The Morgan fingerprint density at radius 2 is 1.94 bits per heavy atom. The molecular formula is C14H20FN. The zero-order chi connectivity index (χ0) is 11.6. The second-order valence-corrected chi connectivity index (χ2v) is 4.93. The summed E-state index contributed by atoms with van der Waals surface area (Å²) in [5.41, 5.74) is 1.47. The molecule has 1 N–H and O–H groups in total. The molecule has 1 atom stereocenters. The fourth-order valence-electron chi connectivity index (χ4n) is 2.19. The molecule has 1 aromatic rings. The number of nitrogens with one attached hydrogen (secondary N) is 1. The highest BCUT2D eigenvalue weighted by Gasteiger charge is 2.36. The Balaban J connectivity index is 2.01. The van der Waals surface area contributed by atoms with Crippen LogP contribution >= 0.6 is 0 Å². The maximum absolute atomic E-state index is 13.9. The van der Waals surface area contributed by atoms with Crippen molar-refractivity contribution in [3.8, 4) is 0 Å². The molecule has 1 aliphatic carbocycles. The van der Waals surface area contributed by atoms with E-state index in [0.29, 0.717) is 12.5 Å². The Hall–Kier alpha value is -0.890. The molecule has 88 valence electrons. The van der Waals surface area contributed by atoms with Crippen molar-refractivity contribution in [2.75, 3.05) is 7.05 Å². The first-order chi connectivity index (χ1) is 7.63. The molecular weight excluding hydrogens is 201 g/mol. The van der Waals surface area contributed by atoms with Crippen molar-refractivity contribution in [1.29, 1.82) is 0 Å². The molecule has 0 heterocycles. The summed E-state index contributed by atoms with van der Waals surface area (Å²) >= 11 is 0. The minimum absolute atomic E-state index is 0.358. The fraction of sp³-hybridized carbons (Fsp3) is 0.571. The van der Waals surface area contributed by atoms with E-state index in [2.05, 4.69) is 36.5 Å². The molecule has 0 radical (unpaired) electrons. The van der Waals surface area contributed by atoms with Crippen molar-refractivity contribution in [1.82, 2.24) is 5.32 Å². The van der Waals surface area contributed by atoms with Crippen LogP contribution in [0.2, 0.25) is 0 Å². The number of hydrogen-bond acceptors (Lipinski definition) is 1. The zero-order valence-electron chi connectivity index (χ0n) is 10.1. The lowest BCUT2D eigenvalue weighted by molar-refractivity contribution is 0.0641. The molecule has 2 heteroatoms. The average molecular weight is 221 g/mol. The Morgan fingerprint density at radius 1 is 1.31 bits per heavy atom. The molecule has 16 heavy (non-hydrogen) atoms. The summed E-state index contributed by atoms with van der Waals surface area (Å²) in [6.45, 7) is 2.12. The van der Waals surface area contributed by atoms with E-state index in [0.717, 1.165) is 24.8 Å². The van der Waals surface area contributed by atoms with Gasteiger partial charge in [-0.05, 0) is 44.4 Å². The van der Waals surface area contributed by atoms with Crippen LogP contribution in [0.1, 0.15) is 43.4 Å². The number of halogens is 1. The smallest absolute Gasteiger partial charge is 0.115 e. The number of hydrogen-bond donors (Lipinski definition) is 1. The Kier molecular flexibility index (Phi) is 3.29. The third-order valence-electron chi connectivity index (χ3n) is 3.68. The Morgan fingerprint density at radius 3 is 2.38 bits per heavy atom. The van der Waals surface area contributed by atoms with E-state index >= 15 is 0 Å². The quantitative estimate of drug-likeness (QED) is 0.821. The van der Waals surface area contributed by atoms with Gasteiger partial charge in [0.1, 0.15) is 5.67 Å². The standard InChI is InChI=1S/C14H20FN/c1-11(16-2)13-6-4-12(5-7-13)10-14(15)8-3-9-14/h4-7,11,16H,3,8-10H2,1-2H3. The summed E-state index contributed by atoms with van der Waals surface area (Å²) in [4.78, 5) is 0. The second kappa shape index (κ2) is 4.54. The van der Waals surface area contributed by atoms with Crippen molar-refractivity contribution in [2.45, 2.75) is 44.3 Å². The Labute approximate surface area is 97.1 Å². The lowest BCUT2D eigenvalue weighted by Crippen LogP contribution is -2.34. The van der Waals surface area contributed by atoms with Gasteiger partial charge in [-0.3, -0.25) is 0 Å². The molecule has 1 aromatic carbocycles. The maximum Gasteiger partial charge on any atom is 0.115 e. The first-order valence-corrected chi connectivity index (χ1v) is 6.08. The predicted molar refractivity (Wildman–Crippen MR) is 65.3 cm³/mol. The van der Waals surface area contributed by atoms with Crippen molar-refractivity contribution < 1.29 is 4.39 Å². The average Bonchev–Trinajstić information content (AvgIpc) is 2.27. The van der Waals surface area contributed by atoms with Gasteiger partial charge in [0, 0.05) is 12.5 Å². The minimum atomic E-state index is -0.907. The van der Waals surface area contributed by atoms with E-state index < -0.39 is 5.67 Å². The monoisotopic (exact) mass is 221 g/mol. The van der Waals surface area contributed by atoms with Crippen molar-refractivity contribution >= 4 is 0 Å². The second-order valence-electron chi connectivity index (χ2n) is 4.93. The summed E-state index contributed by atoms with van der Waals surface area (Å²) < 4.78 is 13.9. The van der Waals surface area contributed by atoms with Gasteiger partial charge in [0.25, 0.3) is 0 Å². The highest BCUT2D eigenvalue weighted by molar-refractivity contribution is 5.26. The van der Waals surface area contributed by atoms with Crippen LogP contribution in [0.4, 0.5) is 4.39 Å². The van der Waals surface area contributed by atoms with Crippen LogP contribution in [0.5, 0.6) is 0 Å². The van der Waals surface area contributed by atoms with Crippen molar-refractivity contribution in [2.24, 2.45) is 0 Å². The van der Waals surface area contributed by atoms with Crippen LogP contribution in [0, 0.1) is 0 Å². The summed E-state index contributed by atoms with van der Waals surface area (Å²) in [7, 11) is 1.95. The van der Waals surface area contributed by atoms with Gasteiger partial charge in [-0.15, -0.1) is 0 Å². The first-order valence-electron chi connectivity index (χ1n) is 6.08. The molecule has 2 rings (SSSR count). The molecule has 0 aliphatic heterocycles. The molecule has 1 saturated carbocycles. The zero-order valence-corrected chi connectivity index (χ0v) is 10.1. The molecule has 0 amide bonds. The highest BCUT2D eigenvalue weighted by atomic mass is 19.1. The van der Waals surface area contributed by atoms with Crippen LogP contribution in [-0.4, -0.2) is 12.7 Å². The van der Waals surface area contributed by atoms with Crippen molar-refractivity contribution in [3.63, 3.8) is 0 Å². The van der Waals surface area contributed by atoms with Gasteiger partial charge in [0.05, 0.1) is 0 Å². The summed E-state index contributed by atoms with van der Waals surface area (Å²) in [6.07, 6.45) is 3.11. The number of alkyl halides is 1. The summed E-state index contributed by atoms with van der Waals surface area (Å²) in [6, 6.07) is 8.67. The topological polar surface area (TPSA) is 12.0 Å². The van der Waals surface area contributed by atoms with Gasteiger partial charge in [0.15, 0.2) is 0 Å². The van der Waals surface area contributed by atoms with Crippen LogP contribution in [0.15, 0.2) is 24.3 Å². The molecule has 1 nitrogen and oxygen atoms in total. The van der Waals surface area contributed by atoms with Crippen LogP contribution in [0.25, 0.3) is 0 Å².